The Morgan fingerprint density at radius 2 is 0.700 bits per heavy atom. The van der Waals surface area contributed by atoms with Crippen LogP contribution < -0.4 is 0 Å². The molecule has 3 aromatic carbocycles. The summed E-state index contributed by atoms with van der Waals surface area (Å²) in [4.78, 5) is 15.4. The number of pyridine rings is 3. The van der Waals surface area contributed by atoms with E-state index in [9.17, 15) is 30.6 Å². The Bertz CT molecular complexity index is 5450. The van der Waals surface area contributed by atoms with E-state index in [0.29, 0.717) is 24.1 Å². The molecule has 16 nitrogen and oxygen atoms in total. The summed E-state index contributed by atoms with van der Waals surface area (Å²) in [6, 6.07) is 35.3. The second-order valence-electron chi connectivity index (χ2n) is 33.3. The zero-order valence-corrected chi connectivity index (χ0v) is 64.4. The molecule has 0 aliphatic heterocycles. The average Bonchev–Trinajstić information content (AvgIpc) is 1.53. The lowest BCUT2D eigenvalue weighted by molar-refractivity contribution is 0.243. The molecular formula is C87H87F6N15OS. The van der Waals surface area contributed by atoms with Crippen molar-refractivity contribution in [3.8, 4) is 67.5 Å². The van der Waals surface area contributed by atoms with Crippen molar-refractivity contribution in [3.63, 3.8) is 0 Å². The SMILES string of the molecule is C=S(C)(=O)CCn1cc(-c2cccc([C@@]34CC[C@@H](c5cc(-c6c(F)cccc6F)nnc53)C4(C)C)n2)cn1.CC(C)Cn1cc(-c2cccc([C@@]34CC[C@@H](c5cc(-c6c(F)cccc6F)nnc53)C4(C)C)n2)cn1.CC(C)Cn1cc(-c2cccc([C@@]34CC[C@@H](c5cc(-c6c(F)cccc6F)nnc53)C4(C)C)n2)cn1. The summed E-state index contributed by atoms with van der Waals surface area (Å²) in [5.74, 6) is 1.93. The zero-order chi connectivity index (χ0) is 77.4. The van der Waals surface area contributed by atoms with Gasteiger partial charge in [-0.25, -0.2) is 26.3 Å². The van der Waals surface area contributed by atoms with Crippen LogP contribution in [0.1, 0.15) is 176 Å². The van der Waals surface area contributed by atoms with E-state index in [4.69, 9.17) is 15.0 Å². The van der Waals surface area contributed by atoms with E-state index in [1.54, 1.807) is 17.1 Å². The Hall–Kier alpha value is -10.4. The monoisotopic (exact) mass is 1500 g/mol. The summed E-state index contributed by atoms with van der Waals surface area (Å²) >= 11 is 0. The molecule has 23 heteroatoms. The molecule has 1 unspecified atom stereocenters. The second-order valence-corrected chi connectivity index (χ2v) is 36.1. The zero-order valence-electron chi connectivity index (χ0n) is 63.5. The smallest absolute Gasteiger partial charge is 0.135 e. The summed E-state index contributed by atoms with van der Waals surface area (Å²) in [7, 11) is -2.10. The minimum Gasteiger partial charge on any atom is -0.272 e. The first-order valence-electron chi connectivity index (χ1n) is 37.7. The maximum absolute atomic E-state index is 14.5. The number of benzene rings is 3. The highest BCUT2D eigenvalue weighted by atomic mass is 32.2. The predicted octanol–water partition coefficient (Wildman–Crippen LogP) is 18.3. The van der Waals surface area contributed by atoms with Crippen LogP contribution >= 0.6 is 0 Å². The van der Waals surface area contributed by atoms with Crippen LogP contribution in [0, 0.1) is 63.0 Å². The maximum atomic E-state index is 14.5. The van der Waals surface area contributed by atoms with Gasteiger partial charge in [0.05, 0.1) is 126 Å². The lowest BCUT2D eigenvalue weighted by Crippen LogP contribution is -2.37. The molecule has 6 bridgehead atoms. The molecule has 110 heavy (non-hydrogen) atoms. The van der Waals surface area contributed by atoms with Crippen molar-refractivity contribution in [1.82, 2.24) is 74.9 Å². The first-order valence-corrected chi connectivity index (χ1v) is 40.0. The van der Waals surface area contributed by atoms with Crippen molar-refractivity contribution >= 4 is 15.4 Å². The van der Waals surface area contributed by atoms with E-state index in [-0.39, 0.29) is 67.8 Å². The molecule has 18 rings (SSSR count). The summed E-state index contributed by atoms with van der Waals surface area (Å²) in [6.45, 7) is 24.4. The normalized spacial score (nSPS) is 22.2. The van der Waals surface area contributed by atoms with Gasteiger partial charge in [-0.2, -0.15) is 30.6 Å². The molecule has 3 fully saturated rings. The van der Waals surface area contributed by atoms with Crippen LogP contribution in [0.5, 0.6) is 0 Å². The van der Waals surface area contributed by atoms with Gasteiger partial charge in [0.1, 0.15) is 34.9 Å². The van der Waals surface area contributed by atoms with Gasteiger partial charge in [-0.1, -0.05) is 106 Å². The van der Waals surface area contributed by atoms with Gasteiger partial charge in [0.2, 0.25) is 0 Å². The molecule has 6 aliphatic rings. The van der Waals surface area contributed by atoms with Gasteiger partial charge in [0.15, 0.2) is 0 Å². The summed E-state index contributed by atoms with van der Waals surface area (Å²) < 4.78 is 105. The minimum absolute atomic E-state index is 0.124. The van der Waals surface area contributed by atoms with Gasteiger partial charge in [-0.15, -0.1) is 15.3 Å². The first kappa shape index (κ1) is 73.7. The lowest BCUT2D eigenvalue weighted by Gasteiger charge is -2.37. The Morgan fingerprint density at radius 1 is 0.418 bits per heavy atom. The van der Waals surface area contributed by atoms with Crippen LogP contribution in [0.4, 0.5) is 26.3 Å². The minimum atomic E-state index is -2.10. The van der Waals surface area contributed by atoms with Crippen LogP contribution in [-0.2, 0) is 45.4 Å². The van der Waals surface area contributed by atoms with Crippen molar-refractivity contribution in [3.05, 3.63) is 250 Å². The number of hydrogen-bond acceptors (Lipinski definition) is 13. The number of hydrogen-bond donors (Lipinski definition) is 0. The van der Waals surface area contributed by atoms with Gasteiger partial charge < -0.3 is 0 Å². The predicted molar refractivity (Wildman–Crippen MR) is 414 cm³/mol. The van der Waals surface area contributed by atoms with E-state index in [0.717, 1.165) is 136 Å². The van der Waals surface area contributed by atoms with E-state index < -0.39 is 60.7 Å². The third kappa shape index (κ3) is 11.9. The van der Waals surface area contributed by atoms with Gasteiger partial charge >= 0.3 is 0 Å². The molecule has 3 saturated carbocycles. The van der Waals surface area contributed by atoms with Crippen LogP contribution in [0.2, 0.25) is 0 Å². The fraction of sp³-hybridized carbons (Fsp3) is 0.368. The molecule has 12 aromatic rings. The highest BCUT2D eigenvalue weighted by molar-refractivity contribution is 7.99. The number of aromatic nitrogens is 15. The fourth-order valence-electron chi connectivity index (χ4n) is 19.6. The van der Waals surface area contributed by atoms with E-state index >= 15 is 0 Å². The molecule has 0 radical (unpaired) electrons. The molecule has 7 atom stereocenters. The van der Waals surface area contributed by atoms with Crippen molar-refractivity contribution in [2.24, 2.45) is 28.1 Å². The van der Waals surface area contributed by atoms with Gasteiger partial charge in [0.25, 0.3) is 0 Å². The molecule has 6 aliphatic carbocycles. The van der Waals surface area contributed by atoms with Crippen LogP contribution in [-0.4, -0.2) is 97.0 Å². The highest BCUT2D eigenvalue weighted by Crippen LogP contribution is 2.72. The number of nitrogens with zero attached hydrogens (tertiary/aromatic N) is 15. The van der Waals surface area contributed by atoms with Crippen LogP contribution in [0.3, 0.4) is 0 Å². The lowest BCUT2D eigenvalue weighted by atomic mass is 9.66. The van der Waals surface area contributed by atoms with Crippen molar-refractivity contribution in [2.45, 2.75) is 161 Å². The Morgan fingerprint density at radius 3 is 0.991 bits per heavy atom. The molecule has 9 aromatic heterocycles. The second kappa shape index (κ2) is 27.3. The molecular weight excluding hydrogens is 1420 g/mol. The summed E-state index contributed by atoms with van der Waals surface area (Å²) in [6.07, 6.45) is 18.7. The molecule has 0 N–H and O–H groups in total. The molecule has 0 saturated heterocycles. The molecule has 0 amide bonds. The van der Waals surface area contributed by atoms with E-state index in [1.165, 1.54) is 54.6 Å². The first-order chi connectivity index (χ1) is 52.4. The summed E-state index contributed by atoms with van der Waals surface area (Å²) in [5.41, 5.74) is 12.3. The van der Waals surface area contributed by atoms with Gasteiger partial charge in [-0.05, 0) is 207 Å². The number of fused-ring (bicyclic) bond motifs is 15. The number of aryl methyl sites for hydroxylation is 1. The van der Waals surface area contributed by atoms with E-state index in [2.05, 4.69) is 133 Å². The van der Waals surface area contributed by atoms with Crippen molar-refractivity contribution < 1.29 is 30.6 Å². The molecule has 9 heterocycles. The quantitative estimate of drug-likeness (QED) is 0.0657. The standard InChI is InChI=1S/C29H29F2N5OS.2C29H29F2N5/c1-28(2)20-11-12-29(28,27-19(20)15-24(34-35-27)26-21(30)7-5-8-22(26)31)25-10-6-9-23(33-25)18-16-32-36(17-18)13-14-38(3,4)37;2*1-17(2)15-36-16-18(14-32-36)23-9-6-10-25(33-23)29-12-11-20(28(29,3)4)19-13-24(34-35-27(19)29)26-21(30)7-5-8-22(26)31/h5-10,15-17,20H,3,11-14H2,1-2,4H3;2*5-10,13-14,16-17,20H,11-12,15H2,1-4H3/t20-,29-,38?;2*20-,29-/m000/s1. The Balaban J connectivity index is 0.000000125. The third-order valence-electron chi connectivity index (χ3n) is 25.0. The van der Waals surface area contributed by atoms with Crippen LogP contribution in [0.15, 0.2) is 165 Å². The summed E-state index contributed by atoms with van der Waals surface area (Å²) in [5, 5.41) is 40.4. The highest BCUT2D eigenvalue weighted by Gasteiger charge is 2.68. The van der Waals surface area contributed by atoms with Gasteiger partial charge in [0, 0.05) is 60.4 Å². The van der Waals surface area contributed by atoms with Crippen molar-refractivity contribution in [1.29, 1.82) is 0 Å². The molecule has 0 spiro atoms. The topological polar surface area (TPSA) is 187 Å². The average molecular weight is 1500 g/mol. The Kier molecular flexibility index (Phi) is 18.3. The molecule has 564 valence electrons. The number of halogens is 6. The number of rotatable bonds is 16. The van der Waals surface area contributed by atoms with Gasteiger partial charge in [-0.3, -0.25) is 33.2 Å². The van der Waals surface area contributed by atoms with Crippen molar-refractivity contribution in [2.75, 3.05) is 12.0 Å². The Labute approximate surface area is 636 Å². The largest absolute Gasteiger partial charge is 0.272 e. The van der Waals surface area contributed by atoms with Crippen LogP contribution in [0.25, 0.3) is 67.5 Å². The maximum Gasteiger partial charge on any atom is 0.135 e. The fourth-order valence-corrected chi connectivity index (χ4v) is 20.2. The van der Waals surface area contributed by atoms with E-state index in [1.807, 2.05) is 101 Å². The third-order valence-corrected chi connectivity index (χ3v) is 26.1.